The van der Waals surface area contributed by atoms with Gasteiger partial charge in [0.1, 0.15) is 5.75 Å². The molecular weight excluding hydrogens is 325 g/mol. The summed E-state index contributed by atoms with van der Waals surface area (Å²) in [6, 6.07) is 5.01. The Morgan fingerprint density at radius 1 is 1.40 bits per heavy atom. The Balaban J connectivity index is 1.56. The van der Waals surface area contributed by atoms with E-state index in [1.165, 1.54) is 6.07 Å². The molecule has 5 N–H and O–H groups in total. The quantitative estimate of drug-likeness (QED) is 0.322. The zero-order chi connectivity index (χ0) is 17.8. The van der Waals surface area contributed by atoms with E-state index >= 15 is 0 Å². The molecule has 1 fully saturated rings. The highest BCUT2D eigenvalue weighted by molar-refractivity contribution is 6.46. The molecule has 0 radical (unpaired) electrons. The van der Waals surface area contributed by atoms with Gasteiger partial charge in [0.15, 0.2) is 6.29 Å². The van der Waals surface area contributed by atoms with Gasteiger partial charge in [0, 0.05) is 44.7 Å². The summed E-state index contributed by atoms with van der Waals surface area (Å²) in [6.07, 6.45) is -0.936. The maximum Gasteiger partial charge on any atom is 0.547 e. The van der Waals surface area contributed by atoms with Crippen LogP contribution in [0.2, 0.25) is 0 Å². The Morgan fingerprint density at radius 3 is 2.88 bits per heavy atom. The van der Waals surface area contributed by atoms with E-state index in [-0.39, 0.29) is 17.2 Å². The summed E-state index contributed by atoms with van der Waals surface area (Å²) < 4.78 is 5.43. The van der Waals surface area contributed by atoms with Gasteiger partial charge in [-0.3, -0.25) is 4.79 Å². The number of benzene rings is 1. The molecule has 0 unspecified atom stereocenters. The third-order valence-electron chi connectivity index (χ3n) is 4.64. The number of nitrogens with zero attached hydrogens (tertiary/aromatic N) is 1. The molecule has 1 saturated heterocycles. The Labute approximate surface area is 146 Å². The van der Waals surface area contributed by atoms with Crippen molar-refractivity contribution in [1.82, 2.24) is 15.5 Å². The van der Waals surface area contributed by atoms with Gasteiger partial charge in [-0.1, -0.05) is 18.2 Å². The predicted molar refractivity (Wildman–Crippen MR) is 91.8 cm³/mol. The fourth-order valence-electron chi connectivity index (χ4n) is 3.25. The summed E-state index contributed by atoms with van der Waals surface area (Å²) in [6.45, 7) is 4.43. The molecule has 1 amide bonds. The molecule has 0 aliphatic carbocycles. The maximum atomic E-state index is 12.2. The first-order chi connectivity index (χ1) is 12.0. The van der Waals surface area contributed by atoms with Crippen molar-refractivity contribution in [2.45, 2.75) is 25.1 Å². The minimum Gasteiger partial charge on any atom is -0.534 e. The Hall–Kier alpha value is -1.65. The number of piperazine rings is 1. The smallest absolute Gasteiger partial charge is 0.534 e. The Kier molecular flexibility index (Phi) is 5.92. The molecule has 2 aliphatic rings. The molecule has 0 aromatic heterocycles. The average Bonchev–Trinajstić information content (AvgIpc) is 2.61. The minimum absolute atomic E-state index is 0.131. The molecule has 1 aromatic rings. The second-order valence-electron chi connectivity index (χ2n) is 6.44. The first-order valence-electron chi connectivity index (χ1n) is 8.59. The zero-order valence-corrected chi connectivity index (χ0v) is 14.0. The number of aliphatic hydroxyl groups is 2. The molecule has 1 atom stereocenters. The first-order valence-corrected chi connectivity index (χ1v) is 8.59. The summed E-state index contributed by atoms with van der Waals surface area (Å²) in [5, 5.41) is 35.0. The van der Waals surface area contributed by atoms with E-state index in [2.05, 4.69) is 15.5 Å². The lowest BCUT2D eigenvalue weighted by Crippen LogP contribution is -2.53. The van der Waals surface area contributed by atoms with Crippen molar-refractivity contribution in [2.24, 2.45) is 0 Å². The van der Waals surface area contributed by atoms with Gasteiger partial charge in [-0.2, -0.15) is 0 Å². The van der Waals surface area contributed by atoms with Crippen LogP contribution >= 0.6 is 0 Å². The van der Waals surface area contributed by atoms with E-state index in [9.17, 15) is 20.0 Å². The number of hydrogen-bond donors (Lipinski definition) is 5. The van der Waals surface area contributed by atoms with Gasteiger partial charge < -0.3 is 35.4 Å². The van der Waals surface area contributed by atoms with E-state index in [1.54, 1.807) is 12.1 Å². The number of amides is 1. The van der Waals surface area contributed by atoms with Crippen LogP contribution in [0.5, 0.6) is 5.75 Å². The fraction of sp³-hybridized carbons (Fsp3) is 0.562. The largest absolute Gasteiger partial charge is 0.547 e. The van der Waals surface area contributed by atoms with Gasteiger partial charge in [0.2, 0.25) is 5.91 Å². The van der Waals surface area contributed by atoms with Gasteiger partial charge in [0.05, 0.1) is 5.94 Å². The summed E-state index contributed by atoms with van der Waals surface area (Å²) in [4.78, 5) is 14.4. The second kappa shape index (κ2) is 8.16. The van der Waals surface area contributed by atoms with Crippen molar-refractivity contribution in [3.63, 3.8) is 0 Å². The van der Waals surface area contributed by atoms with Crippen molar-refractivity contribution in [1.29, 1.82) is 0 Å². The topological polar surface area (TPSA) is 114 Å². The molecule has 136 valence electrons. The first kappa shape index (κ1) is 18.2. The summed E-state index contributed by atoms with van der Waals surface area (Å²) >= 11 is 0. The van der Waals surface area contributed by atoms with Crippen LogP contribution in [0.3, 0.4) is 0 Å². The van der Waals surface area contributed by atoms with Crippen molar-refractivity contribution in [3.8, 4) is 5.75 Å². The number of para-hydroxylation sites is 1. The van der Waals surface area contributed by atoms with Crippen molar-refractivity contribution < 1.29 is 24.7 Å². The zero-order valence-electron chi connectivity index (χ0n) is 14.0. The molecule has 8 nitrogen and oxygen atoms in total. The number of fused-ring (bicyclic) bond motifs is 1. The normalized spacial score (nSPS) is 21.0. The minimum atomic E-state index is -1.67. The fourth-order valence-corrected chi connectivity index (χ4v) is 3.25. The number of carbonyl (C=O) groups excluding carboxylic acids is 1. The van der Waals surface area contributed by atoms with Crippen LogP contribution in [0.15, 0.2) is 18.2 Å². The molecule has 0 saturated carbocycles. The van der Waals surface area contributed by atoms with Crippen LogP contribution in [-0.4, -0.2) is 71.8 Å². The Morgan fingerprint density at radius 2 is 2.16 bits per heavy atom. The highest BCUT2D eigenvalue weighted by Gasteiger charge is 2.37. The van der Waals surface area contributed by atoms with Crippen LogP contribution < -0.4 is 15.3 Å². The van der Waals surface area contributed by atoms with Crippen LogP contribution in [0.1, 0.15) is 23.8 Å². The summed E-state index contributed by atoms with van der Waals surface area (Å²) in [5.41, 5.74) is 0.934. The standard InChI is InChI=1S/C16H24BN3O5/c21-14(4-7-20-8-5-18-6-9-20)19-13-10-11-2-1-3-12(16(22)23)15(11)25-17(13)24/h1-3,13,16,18,22-24H,4-10H2,(H,19,21)/t13-/m0/s1. The molecule has 25 heavy (non-hydrogen) atoms. The number of aliphatic hydroxyl groups excluding tert-OH is 1. The number of hydrogen-bond acceptors (Lipinski definition) is 7. The maximum absolute atomic E-state index is 12.2. The molecule has 0 bridgehead atoms. The SMILES string of the molecule is O=C(CCN1CCNCC1)N[C@H]1Cc2cccc(C(O)O)c2OB1O. The molecular formula is C16H24BN3O5. The van der Waals surface area contributed by atoms with Crippen molar-refractivity contribution >= 4 is 13.0 Å². The third kappa shape index (κ3) is 4.50. The molecule has 2 heterocycles. The van der Waals surface area contributed by atoms with Gasteiger partial charge in [0.25, 0.3) is 0 Å². The van der Waals surface area contributed by atoms with E-state index in [0.717, 1.165) is 31.7 Å². The van der Waals surface area contributed by atoms with E-state index < -0.39 is 19.3 Å². The Bertz CT molecular complexity index is 609. The van der Waals surface area contributed by atoms with Gasteiger partial charge in [-0.15, -0.1) is 0 Å². The second-order valence-corrected chi connectivity index (χ2v) is 6.44. The third-order valence-corrected chi connectivity index (χ3v) is 4.64. The van der Waals surface area contributed by atoms with Crippen LogP contribution in [0.25, 0.3) is 0 Å². The lowest BCUT2D eigenvalue weighted by atomic mass is 9.72. The van der Waals surface area contributed by atoms with E-state index in [0.29, 0.717) is 19.4 Å². The monoisotopic (exact) mass is 349 g/mol. The number of nitrogens with one attached hydrogen (secondary N) is 2. The van der Waals surface area contributed by atoms with Crippen molar-refractivity contribution in [2.75, 3.05) is 32.7 Å². The van der Waals surface area contributed by atoms with Gasteiger partial charge in [-0.05, 0) is 12.0 Å². The number of carbonyl (C=O) groups is 1. The summed E-state index contributed by atoms with van der Waals surface area (Å²) in [7, 11) is -1.23. The van der Waals surface area contributed by atoms with Crippen LogP contribution in [0.4, 0.5) is 0 Å². The number of rotatable bonds is 5. The highest BCUT2D eigenvalue weighted by Crippen LogP contribution is 2.32. The molecule has 3 rings (SSSR count). The predicted octanol–water partition coefficient (Wildman–Crippen LogP) is -1.60. The van der Waals surface area contributed by atoms with Crippen LogP contribution in [0, 0.1) is 0 Å². The van der Waals surface area contributed by atoms with E-state index in [1.807, 2.05) is 0 Å². The lowest BCUT2D eigenvalue weighted by molar-refractivity contribution is -0.121. The molecule has 2 aliphatic heterocycles. The molecule has 0 spiro atoms. The van der Waals surface area contributed by atoms with Crippen LogP contribution in [-0.2, 0) is 11.2 Å². The highest BCUT2D eigenvalue weighted by atomic mass is 16.5. The van der Waals surface area contributed by atoms with Crippen molar-refractivity contribution in [3.05, 3.63) is 29.3 Å². The van der Waals surface area contributed by atoms with Gasteiger partial charge in [-0.25, -0.2) is 0 Å². The lowest BCUT2D eigenvalue weighted by Gasteiger charge is -2.30. The average molecular weight is 349 g/mol. The summed E-state index contributed by atoms with van der Waals surface area (Å²) in [5.74, 6) is -0.418. The molecule has 9 heteroatoms. The molecule has 1 aromatic carbocycles. The van der Waals surface area contributed by atoms with Gasteiger partial charge >= 0.3 is 7.12 Å². The van der Waals surface area contributed by atoms with E-state index in [4.69, 9.17) is 4.65 Å².